The number of rotatable bonds is 1. The number of nitrogen functional groups attached to an aromatic ring is 1. The van der Waals surface area contributed by atoms with Gasteiger partial charge in [0.25, 0.3) is 0 Å². The van der Waals surface area contributed by atoms with Gasteiger partial charge < -0.3 is 15.5 Å². The van der Waals surface area contributed by atoms with Gasteiger partial charge in [0.2, 0.25) is 11.9 Å². The number of nitrogens with one attached hydrogen (secondary N) is 1. The molecule has 2 saturated heterocycles. The molecule has 0 aromatic carbocycles. The second-order valence-electron chi connectivity index (χ2n) is 5.21. The summed E-state index contributed by atoms with van der Waals surface area (Å²) in [6.07, 6.45) is 3.84. The SMILES string of the molecule is CN1CCCC2CN(c3n[nH]c(N)n3)CCC21. The van der Waals surface area contributed by atoms with Crippen molar-refractivity contribution in [1.82, 2.24) is 20.1 Å². The zero-order valence-corrected chi connectivity index (χ0v) is 10.3. The van der Waals surface area contributed by atoms with Crippen molar-refractivity contribution in [2.45, 2.75) is 25.3 Å². The van der Waals surface area contributed by atoms with Crippen molar-refractivity contribution in [3.63, 3.8) is 0 Å². The van der Waals surface area contributed by atoms with E-state index in [0.717, 1.165) is 31.0 Å². The molecule has 0 spiro atoms. The topological polar surface area (TPSA) is 74.1 Å². The van der Waals surface area contributed by atoms with Gasteiger partial charge in [-0.05, 0) is 38.8 Å². The number of likely N-dealkylation sites (tertiary alicyclic amines) is 1. The first-order valence-electron chi connectivity index (χ1n) is 6.37. The molecule has 0 bridgehead atoms. The normalized spacial score (nSPS) is 30.3. The largest absolute Gasteiger partial charge is 0.368 e. The smallest absolute Gasteiger partial charge is 0.246 e. The number of piperidine rings is 2. The Morgan fingerprint density at radius 3 is 3.00 bits per heavy atom. The number of H-pyrrole nitrogens is 1. The van der Waals surface area contributed by atoms with E-state index in [-0.39, 0.29) is 0 Å². The van der Waals surface area contributed by atoms with Crippen LogP contribution in [0.1, 0.15) is 19.3 Å². The van der Waals surface area contributed by atoms with E-state index in [9.17, 15) is 0 Å². The summed E-state index contributed by atoms with van der Waals surface area (Å²) >= 11 is 0. The lowest BCUT2D eigenvalue weighted by atomic mass is 9.84. The molecule has 3 N–H and O–H groups in total. The van der Waals surface area contributed by atoms with Crippen LogP contribution in [0.5, 0.6) is 0 Å². The van der Waals surface area contributed by atoms with Crippen molar-refractivity contribution >= 4 is 11.9 Å². The van der Waals surface area contributed by atoms with Crippen LogP contribution in [0.3, 0.4) is 0 Å². The van der Waals surface area contributed by atoms with Gasteiger partial charge in [0.05, 0.1) is 0 Å². The van der Waals surface area contributed by atoms with Crippen molar-refractivity contribution in [2.75, 3.05) is 37.3 Å². The molecule has 0 radical (unpaired) electrons. The third-order valence-corrected chi connectivity index (χ3v) is 4.12. The lowest BCUT2D eigenvalue weighted by Gasteiger charge is -2.45. The minimum Gasteiger partial charge on any atom is -0.368 e. The summed E-state index contributed by atoms with van der Waals surface area (Å²) in [6.45, 7) is 3.34. The average Bonchev–Trinajstić information content (AvgIpc) is 2.76. The maximum Gasteiger partial charge on any atom is 0.246 e. The van der Waals surface area contributed by atoms with Gasteiger partial charge in [0, 0.05) is 19.1 Å². The molecule has 0 saturated carbocycles. The van der Waals surface area contributed by atoms with Gasteiger partial charge in [-0.1, -0.05) is 0 Å². The highest BCUT2D eigenvalue weighted by Gasteiger charge is 2.35. The number of aromatic amines is 1. The van der Waals surface area contributed by atoms with Crippen LogP contribution >= 0.6 is 0 Å². The Labute approximate surface area is 101 Å². The van der Waals surface area contributed by atoms with Crippen LogP contribution in [0.2, 0.25) is 0 Å². The molecule has 2 aliphatic rings. The first-order chi connectivity index (χ1) is 8.24. The molecule has 1 aromatic heterocycles. The quantitative estimate of drug-likeness (QED) is 0.734. The zero-order chi connectivity index (χ0) is 11.8. The van der Waals surface area contributed by atoms with Gasteiger partial charge in [-0.3, -0.25) is 0 Å². The predicted molar refractivity (Wildman–Crippen MR) is 66.8 cm³/mol. The Morgan fingerprint density at radius 2 is 2.24 bits per heavy atom. The Morgan fingerprint density at radius 1 is 1.35 bits per heavy atom. The van der Waals surface area contributed by atoms with Crippen LogP contribution in [-0.4, -0.2) is 52.8 Å². The number of hydrogen-bond acceptors (Lipinski definition) is 5. The number of nitrogens with zero attached hydrogens (tertiary/aromatic N) is 4. The van der Waals surface area contributed by atoms with E-state index >= 15 is 0 Å². The van der Waals surface area contributed by atoms with Crippen molar-refractivity contribution < 1.29 is 0 Å². The number of nitrogens with two attached hydrogens (primary N) is 1. The van der Waals surface area contributed by atoms with Crippen LogP contribution < -0.4 is 10.6 Å². The maximum atomic E-state index is 5.58. The molecule has 2 unspecified atom stereocenters. The van der Waals surface area contributed by atoms with E-state index < -0.39 is 0 Å². The number of anilines is 2. The summed E-state index contributed by atoms with van der Waals surface area (Å²) in [4.78, 5) is 8.98. The minimum atomic E-state index is 0.405. The molecule has 3 rings (SSSR count). The van der Waals surface area contributed by atoms with Crippen molar-refractivity contribution in [3.8, 4) is 0 Å². The van der Waals surface area contributed by atoms with Crippen molar-refractivity contribution in [3.05, 3.63) is 0 Å². The van der Waals surface area contributed by atoms with Crippen LogP contribution in [0.25, 0.3) is 0 Å². The fourth-order valence-electron chi connectivity index (χ4n) is 3.24. The molecule has 2 aliphatic heterocycles. The standard InChI is InChI=1S/C11H20N6/c1-16-5-2-3-8-7-17(6-4-9(8)16)11-13-10(12)14-15-11/h8-9H,2-7H2,1H3,(H3,12,13,14,15). The van der Waals surface area contributed by atoms with Crippen molar-refractivity contribution in [1.29, 1.82) is 0 Å². The summed E-state index contributed by atoms with van der Waals surface area (Å²) in [7, 11) is 2.25. The molecular weight excluding hydrogens is 216 g/mol. The summed E-state index contributed by atoms with van der Waals surface area (Å²) in [5, 5.41) is 6.86. The third kappa shape index (κ3) is 1.97. The second kappa shape index (κ2) is 4.18. The average molecular weight is 236 g/mol. The highest BCUT2D eigenvalue weighted by atomic mass is 15.4. The summed E-state index contributed by atoms with van der Waals surface area (Å²) in [6, 6.07) is 0.747. The van der Waals surface area contributed by atoms with E-state index in [4.69, 9.17) is 5.73 Å². The van der Waals surface area contributed by atoms with E-state index in [0.29, 0.717) is 5.95 Å². The van der Waals surface area contributed by atoms with Crippen LogP contribution in [0.15, 0.2) is 0 Å². The fraction of sp³-hybridized carbons (Fsp3) is 0.818. The first-order valence-corrected chi connectivity index (χ1v) is 6.37. The monoisotopic (exact) mass is 236 g/mol. The van der Waals surface area contributed by atoms with Crippen molar-refractivity contribution in [2.24, 2.45) is 5.92 Å². The van der Waals surface area contributed by atoms with E-state index in [1.807, 2.05) is 0 Å². The Balaban J connectivity index is 1.71. The van der Waals surface area contributed by atoms with Crippen LogP contribution in [0.4, 0.5) is 11.9 Å². The molecule has 0 aliphatic carbocycles. The van der Waals surface area contributed by atoms with E-state index in [1.165, 1.54) is 25.8 Å². The highest BCUT2D eigenvalue weighted by Crippen LogP contribution is 2.30. The molecule has 94 valence electrons. The van der Waals surface area contributed by atoms with E-state index in [1.54, 1.807) is 0 Å². The summed E-state index contributed by atoms with van der Waals surface area (Å²) < 4.78 is 0. The lowest BCUT2D eigenvalue weighted by Crippen LogP contribution is -2.53. The molecule has 2 atom stereocenters. The van der Waals surface area contributed by atoms with Gasteiger partial charge in [-0.15, -0.1) is 5.10 Å². The van der Waals surface area contributed by atoms with Gasteiger partial charge in [-0.25, -0.2) is 5.10 Å². The van der Waals surface area contributed by atoms with Crippen LogP contribution in [-0.2, 0) is 0 Å². The van der Waals surface area contributed by atoms with E-state index in [2.05, 4.69) is 32.0 Å². The summed E-state index contributed by atoms with van der Waals surface area (Å²) in [5.74, 6) is 1.92. The number of hydrogen-bond donors (Lipinski definition) is 2. The van der Waals surface area contributed by atoms with Gasteiger partial charge >= 0.3 is 0 Å². The predicted octanol–water partition coefficient (Wildman–Crippen LogP) is 0.307. The van der Waals surface area contributed by atoms with Crippen LogP contribution in [0, 0.1) is 5.92 Å². The molecule has 17 heavy (non-hydrogen) atoms. The Bertz CT molecular complexity index is 389. The molecule has 3 heterocycles. The first kappa shape index (κ1) is 10.8. The molecule has 1 aromatic rings. The molecule has 6 nitrogen and oxygen atoms in total. The fourth-order valence-corrected chi connectivity index (χ4v) is 3.24. The lowest BCUT2D eigenvalue weighted by molar-refractivity contribution is 0.102. The zero-order valence-electron chi connectivity index (χ0n) is 10.3. The van der Waals surface area contributed by atoms with Gasteiger partial charge in [0.1, 0.15) is 0 Å². The molecule has 6 heteroatoms. The second-order valence-corrected chi connectivity index (χ2v) is 5.21. The molecular formula is C11H20N6. The van der Waals surface area contributed by atoms with Gasteiger partial charge in [-0.2, -0.15) is 4.98 Å². The Kier molecular flexibility index (Phi) is 2.66. The summed E-state index contributed by atoms with van der Waals surface area (Å²) in [5.41, 5.74) is 5.58. The third-order valence-electron chi connectivity index (χ3n) is 4.12. The number of fused-ring (bicyclic) bond motifs is 1. The highest BCUT2D eigenvalue weighted by molar-refractivity contribution is 5.34. The molecule has 0 amide bonds. The number of aromatic nitrogens is 3. The molecule has 2 fully saturated rings. The Hall–Kier alpha value is -1.30. The minimum absolute atomic E-state index is 0.405. The van der Waals surface area contributed by atoms with Gasteiger partial charge in [0.15, 0.2) is 0 Å². The maximum absolute atomic E-state index is 5.58.